The molecule has 19 valence electrons. The van der Waals surface area contributed by atoms with Crippen molar-refractivity contribution in [1.29, 1.82) is 0 Å². The van der Waals surface area contributed by atoms with E-state index in [-0.39, 0.29) is 87.1 Å². The molecule has 0 N–H and O–H groups in total. The van der Waals surface area contributed by atoms with Crippen molar-refractivity contribution in [3.8, 4) is 0 Å². The Morgan fingerprint density at radius 2 is 1.00 bits per heavy atom. The number of hydrogen-bond donors (Lipinski definition) is 0. The van der Waals surface area contributed by atoms with Crippen molar-refractivity contribution in [2.45, 2.75) is 0 Å². The van der Waals surface area contributed by atoms with Crippen molar-refractivity contribution >= 4 is 51.2 Å². The van der Waals surface area contributed by atoms with Gasteiger partial charge in [-0.2, -0.15) is 0 Å². The van der Waals surface area contributed by atoms with Gasteiger partial charge in [-0.1, -0.05) is 0 Å². The molecule has 0 aliphatic carbocycles. The van der Waals surface area contributed by atoms with Crippen molar-refractivity contribution in [3.63, 3.8) is 0 Å². The van der Waals surface area contributed by atoms with E-state index in [4.69, 9.17) is 0 Å². The third-order valence-corrected chi connectivity index (χ3v) is 0. The van der Waals surface area contributed by atoms with Gasteiger partial charge in [0.2, 0.25) is 0 Å². The fraction of sp³-hybridized carbons (Fsp3) is 0. The monoisotopic (exact) mass is 431 g/mol. The van der Waals surface area contributed by atoms with Gasteiger partial charge in [0, 0.05) is 87.1 Å². The quantitative estimate of drug-likeness (QED) is 0.445. The molecule has 0 nitrogen and oxygen atoms in total. The van der Waals surface area contributed by atoms with Crippen LogP contribution in [0.15, 0.2) is 0 Å². The zero-order valence-corrected chi connectivity index (χ0v) is 11.3. The molecule has 0 rings (SSSR count). The molecule has 9 radical (unpaired) electrons. The van der Waals surface area contributed by atoms with Crippen LogP contribution in [0, 0.1) is 0 Å². The van der Waals surface area contributed by atoms with Gasteiger partial charge in [0.1, 0.15) is 0 Å². The van der Waals surface area contributed by atoms with Crippen LogP contribution in [0.2, 0.25) is 0 Å². The van der Waals surface area contributed by atoms with E-state index in [2.05, 4.69) is 0 Å². The first-order chi connectivity index (χ1) is 0. The van der Waals surface area contributed by atoms with E-state index in [1.807, 2.05) is 0 Å². The Balaban J connectivity index is 0. The maximum Gasteiger partial charge on any atom is 0 e. The van der Waals surface area contributed by atoms with Gasteiger partial charge in [0.25, 0.3) is 0 Å². The molecule has 0 unspecified atom stereocenters. The summed E-state index contributed by atoms with van der Waals surface area (Å²) in [5, 5.41) is 0. The molecule has 0 spiro atoms. The number of hydrogen-bond acceptors (Lipinski definition) is 0. The van der Waals surface area contributed by atoms with Crippen LogP contribution < -0.4 is 0 Å². The molecule has 0 fully saturated rings. The third kappa shape index (κ3) is 8.85. The van der Waals surface area contributed by atoms with E-state index in [1.54, 1.807) is 0 Å². The minimum absolute atomic E-state index is 0. The Morgan fingerprint density at radius 1 is 1.00 bits per heavy atom. The fourth-order valence-electron chi connectivity index (χ4n) is 0. The zero-order chi connectivity index (χ0) is 0. The molecule has 0 amide bonds. The summed E-state index contributed by atoms with van der Waals surface area (Å²) in [4.78, 5) is 0. The van der Waals surface area contributed by atoms with Crippen LogP contribution in [0.5, 0.6) is 0 Å². The van der Waals surface area contributed by atoms with E-state index < -0.39 is 0 Å². The van der Waals surface area contributed by atoms with Crippen molar-refractivity contribution in [2.24, 2.45) is 0 Å². The van der Waals surface area contributed by atoms with Gasteiger partial charge in [0.05, 0.1) is 0 Å². The summed E-state index contributed by atoms with van der Waals surface area (Å²) in [6, 6.07) is 0. The summed E-state index contributed by atoms with van der Waals surface area (Å²) in [6.07, 6.45) is 0. The summed E-state index contributed by atoms with van der Waals surface area (Å²) in [5.74, 6) is 0. The van der Waals surface area contributed by atoms with E-state index in [0.717, 1.165) is 0 Å². The summed E-state index contributed by atoms with van der Waals surface area (Å²) in [6.45, 7) is 0. The Bertz CT molecular complexity index is 8.00. The van der Waals surface area contributed by atoms with Gasteiger partial charge in [0.15, 0.2) is 0 Å². The van der Waals surface area contributed by atoms with Gasteiger partial charge in [-0.25, -0.2) is 0 Å². The van der Waals surface area contributed by atoms with Crippen LogP contribution in [-0.4, -0.2) is 51.2 Å². The second-order valence-electron chi connectivity index (χ2n) is 0. The van der Waals surface area contributed by atoms with Gasteiger partial charge >= 0.3 is 0 Å². The predicted octanol–water partition coefficient (Wildman–Crippen LogP) is -0.767. The molecular formula is CrPbSnV. The summed E-state index contributed by atoms with van der Waals surface area (Å²) in [5.41, 5.74) is 0. The molecule has 0 aromatic heterocycles. The van der Waals surface area contributed by atoms with Crippen LogP contribution in [0.4, 0.5) is 0 Å². The first kappa shape index (κ1) is 28.9. The molecule has 4 heavy (non-hydrogen) atoms. The van der Waals surface area contributed by atoms with Crippen LogP contribution in [0.3, 0.4) is 0 Å². The molecule has 0 saturated carbocycles. The second-order valence-corrected chi connectivity index (χ2v) is 0. The van der Waals surface area contributed by atoms with Gasteiger partial charge in [-0.3, -0.25) is 0 Å². The van der Waals surface area contributed by atoms with Crippen molar-refractivity contribution < 1.29 is 35.9 Å². The van der Waals surface area contributed by atoms with Crippen molar-refractivity contribution in [3.05, 3.63) is 0 Å². The van der Waals surface area contributed by atoms with Crippen LogP contribution in [-0.2, 0) is 35.9 Å². The molecule has 0 atom stereocenters. The standard InChI is InChI=1S/Cr.Pb.Sn.V. The maximum atomic E-state index is 0. The topological polar surface area (TPSA) is 0 Å². The van der Waals surface area contributed by atoms with Gasteiger partial charge in [-0.05, 0) is 0 Å². The molecule has 0 heterocycles. The molecule has 0 aliphatic heterocycles. The SMILES string of the molecule is [Cr].[Pb].[Sn].[V]. The Kier molecular flexibility index (Phi) is 123. The average Bonchev–Trinajstić information content (AvgIpc) is 0. The number of rotatable bonds is 0. The maximum absolute atomic E-state index is 0. The van der Waals surface area contributed by atoms with Crippen LogP contribution in [0.1, 0.15) is 0 Å². The molecular weight excluding hydrogens is 429 g/mol. The van der Waals surface area contributed by atoms with Crippen molar-refractivity contribution in [2.75, 3.05) is 0 Å². The molecule has 4 heteroatoms. The average molecular weight is 429 g/mol. The summed E-state index contributed by atoms with van der Waals surface area (Å²) < 4.78 is 0. The molecule has 0 bridgehead atoms. The minimum atomic E-state index is 0. The van der Waals surface area contributed by atoms with Crippen LogP contribution in [0.25, 0.3) is 0 Å². The molecule has 0 saturated heterocycles. The normalized spacial score (nSPS) is 0. The minimum Gasteiger partial charge on any atom is 0 e. The smallest absolute Gasteiger partial charge is 0 e. The molecule has 0 aromatic carbocycles. The van der Waals surface area contributed by atoms with Gasteiger partial charge in [-0.15, -0.1) is 0 Å². The Hall–Kier alpha value is 2.84. The third-order valence-electron chi connectivity index (χ3n) is 0. The predicted molar refractivity (Wildman–Crippen MR) is 11.5 cm³/mol. The first-order valence-electron chi connectivity index (χ1n) is 0. The Morgan fingerprint density at radius 3 is 1.00 bits per heavy atom. The first-order valence-corrected chi connectivity index (χ1v) is 0. The summed E-state index contributed by atoms with van der Waals surface area (Å²) in [7, 11) is 0. The summed E-state index contributed by atoms with van der Waals surface area (Å²) >= 11 is 0. The van der Waals surface area contributed by atoms with E-state index in [0.29, 0.717) is 0 Å². The van der Waals surface area contributed by atoms with E-state index in [9.17, 15) is 0 Å². The Labute approximate surface area is 85.6 Å². The molecule has 0 aromatic rings. The van der Waals surface area contributed by atoms with E-state index in [1.165, 1.54) is 0 Å². The largest absolute Gasteiger partial charge is 0 e. The van der Waals surface area contributed by atoms with E-state index >= 15 is 0 Å². The van der Waals surface area contributed by atoms with Crippen molar-refractivity contribution in [1.82, 2.24) is 0 Å². The van der Waals surface area contributed by atoms with Gasteiger partial charge < -0.3 is 0 Å². The fourth-order valence-corrected chi connectivity index (χ4v) is 0. The molecule has 0 aliphatic rings. The second kappa shape index (κ2) is 17.0. The van der Waals surface area contributed by atoms with Crippen LogP contribution >= 0.6 is 0 Å². The zero-order valence-electron chi connectivity index (χ0n) is 1.86.